The highest BCUT2D eigenvalue weighted by molar-refractivity contribution is 4.97. The fourth-order valence-electron chi connectivity index (χ4n) is 3.95. The summed E-state index contributed by atoms with van der Waals surface area (Å²) in [5.41, 5.74) is 0.0628. The smallest absolute Gasteiger partial charge is 0.0833 e. The highest BCUT2D eigenvalue weighted by atomic mass is 16.5. The van der Waals surface area contributed by atoms with Gasteiger partial charge < -0.3 is 14.8 Å². The lowest BCUT2D eigenvalue weighted by molar-refractivity contribution is -0.0796. The lowest BCUT2D eigenvalue weighted by Crippen LogP contribution is -2.55. The van der Waals surface area contributed by atoms with Crippen LogP contribution in [0.25, 0.3) is 0 Å². The highest BCUT2D eigenvalue weighted by Gasteiger charge is 2.42. The van der Waals surface area contributed by atoms with Crippen molar-refractivity contribution in [1.29, 1.82) is 0 Å². The minimum absolute atomic E-state index is 0.0628. The first-order valence-corrected chi connectivity index (χ1v) is 7.62. The van der Waals surface area contributed by atoms with Gasteiger partial charge in [-0.05, 0) is 38.6 Å². The van der Waals surface area contributed by atoms with Crippen LogP contribution in [-0.4, -0.2) is 39.0 Å². The number of hydrogen-bond donors (Lipinski definition) is 1. The van der Waals surface area contributed by atoms with Crippen molar-refractivity contribution in [3.8, 4) is 0 Å². The largest absolute Gasteiger partial charge is 0.381 e. The average molecular weight is 255 g/mol. The van der Waals surface area contributed by atoms with E-state index in [0.717, 1.165) is 13.2 Å². The van der Waals surface area contributed by atoms with Crippen molar-refractivity contribution in [2.75, 3.05) is 27.4 Å². The van der Waals surface area contributed by atoms with E-state index in [4.69, 9.17) is 9.47 Å². The van der Waals surface area contributed by atoms with Gasteiger partial charge in [-0.25, -0.2) is 0 Å². The zero-order valence-corrected chi connectivity index (χ0v) is 12.0. The van der Waals surface area contributed by atoms with Gasteiger partial charge in [-0.2, -0.15) is 0 Å². The fourth-order valence-corrected chi connectivity index (χ4v) is 3.95. The molecule has 1 aliphatic heterocycles. The normalized spacial score (nSPS) is 27.7. The predicted octanol–water partition coefficient (Wildman–Crippen LogP) is 2.74. The second-order valence-electron chi connectivity index (χ2n) is 5.90. The van der Waals surface area contributed by atoms with Crippen molar-refractivity contribution in [1.82, 2.24) is 5.32 Å². The van der Waals surface area contributed by atoms with Crippen LogP contribution in [0.15, 0.2) is 0 Å². The van der Waals surface area contributed by atoms with E-state index < -0.39 is 0 Å². The van der Waals surface area contributed by atoms with Gasteiger partial charge in [0.1, 0.15) is 0 Å². The Morgan fingerprint density at radius 2 is 1.72 bits per heavy atom. The summed E-state index contributed by atoms with van der Waals surface area (Å²) in [7, 11) is 4.01. The molecular weight excluding hydrogens is 226 g/mol. The maximum atomic E-state index is 6.06. The lowest BCUT2D eigenvalue weighted by Gasteiger charge is -2.44. The first-order valence-electron chi connectivity index (χ1n) is 7.62. The Morgan fingerprint density at radius 1 is 1.11 bits per heavy atom. The van der Waals surface area contributed by atoms with Crippen molar-refractivity contribution >= 4 is 0 Å². The molecule has 18 heavy (non-hydrogen) atoms. The first kappa shape index (κ1) is 14.3. The molecule has 1 N–H and O–H groups in total. The molecule has 1 atom stereocenters. The molecule has 3 nitrogen and oxygen atoms in total. The third-order valence-corrected chi connectivity index (χ3v) is 4.97. The Bertz CT molecular complexity index is 231. The highest BCUT2D eigenvalue weighted by Crippen LogP contribution is 2.38. The van der Waals surface area contributed by atoms with Crippen molar-refractivity contribution in [3.05, 3.63) is 0 Å². The van der Waals surface area contributed by atoms with Crippen LogP contribution in [0.1, 0.15) is 51.4 Å². The molecule has 2 rings (SSSR count). The number of rotatable bonds is 4. The van der Waals surface area contributed by atoms with Gasteiger partial charge in [0.25, 0.3) is 0 Å². The Hall–Kier alpha value is -0.120. The van der Waals surface area contributed by atoms with E-state index in [9.17, 15) is 0 Å². The van der Waals surface area contributed by atoms with Gasteiger partial charge in [0.2, 0.25) is 0 Å². The predicted molar refractivity (Wildman–Crippen MR) is 73.8 cm³/mol. The molecule has 1 saturated heterocycles. The molecule has 106 valence electrons. The van der Waals surface area contributed by atoms with E-state index in [1.54, 1.807) is 0 Å². The first-order chi connectivity index (χ1) is 8.82. The molecule has 1 aliphatic carbocycles. The molecule has 0 aromatic carbocycles. The lowest BCUT2D eigenvalue weighted by atomic mass is 9.76. The Balaban J connectivity index is 2.10. The van der Waals surface area contributed by atoms with Gasteiger partial charge in [0, 0.05) is 26.4 Å². The van der Waals surface area contributed by atoms with Crippen LogP contribution in [-0.2, 0) is 9.47 Å². The van der Waals surface area contributed by atoms with E-state index in [1.807, 2.05) is 7.11 Å². The molecule has 2 fully saturated rings. The van der Waals surface area contributed by atoms with Gasteiger partial charge in [-0.1, -0.05) is 25.7 Å². The Morgan fingerprint density at radius 3 is 2.22 bits per heavy atom. The molecule has 0 aromatic heterocycles. The number of ether oxygens (including phenoxy) is 2. The topological polar surface area (TPSA) is 30.5 Å². The van der Waals surface area contributed by atoms with E-state index in [2.05, 4.69) is 12.4 Å². The molecule has 0 aromatic rings. The van der Waals surface area contributed by atoms with Crippen molar-refractivity contribution in [2.24, 2.45) is 5.92 Å². The van der Waals surface area contributed by atoms with Crippen LogP contribution < -0.4 is 5.32 Å². The number of methoxy groups -OCH3 is 1. The second-order valence-corrected chi connectivity index (χ2v) is 5.90. The van der Waals surface area contributed by atoms with Gasteiger partial charge >= 0.3 is 0 Å². The maximum Gasteiger partial charge on any atom is 0.0833 e. The minimum Gasteiger partial charge on any atom is -0.381 e. The van der Waals surface area contributed by atoms with E-state index in [1.165, 1.54) is 51.4 Å². The molecule has 0 amide bonds. The monoisotopic (exact) mass is 255 g/mol. The van der Waals surface area contributed by atoms with Crippen molar-refractivity contribution in [2.45, 2.75) is 63.0 Å². The van der Waals surface area contributed by atoms with E-state index >= 15 is 0 Å². The summed E-state index contributed by atoms with van der Waals surface area (Å²) < 4.78 is 11.6. The molecule has 3 heteroatoms. The van der Waals surface area contributed by atoms with Crippen molar-refractivity contribution in [3.63, 3.8) is 0 Å². The summed E-state index contributed by atoms with van der Waals surface area (Å²) in [6.45, 7) is 1.84. The van der Waals surface area contributed by atoms with E-state index in [0.29, 0.717) is 12.0 Å². The molecular formula is C15H29NO2. The van der Waals surface area contributed by atoms with Gasteiger partial charge in [-0.15, -0.1) is 0 Å². The standard InChI is InChI=1S/C15H29NO2/c1-16-14(13-7-11-18-12-8-13)15(17-2)9-5-3-4-6-10-15/h13-14,16H,3-12H2,1-2H3. The SMILES string of the molecule is CNC(C1CCOCC1)C1(OC)CCCCCC1. The maximum absolute atomic E-state index is 6.06. The number of likely N-dealkylation sites (N-methyl/N-ethyl adjacent to an activating group) is 1. The molecule has 0 radical (unpaired) electrons. The zero-order valence-electron chi connectivity index (χ0n) is 12.0. The molecule has 1 heterocycles. The Kier molecular flexibility index (Phi) is 5.46. The van der Waals surface area contributed by atoms with Gasteiger partial charge in [0.05, 0.1) is 5.60 Å². The van der Waals surface area contributed by atoms with E-state index in [-0.39, 0.29) is 5.60 Å². The fraction of sp³-hybridized carbons (Fsp3) is 1.00. The minimum atomic E-state index is 0.0628. The van der Waals surface area contributed by atoms with Crippen LogP contribution in [0, 0.1) is 5.92 Å². The van der Waals surface area contributed by atoms with Gasteiger partial charge in [-0.3, -0.25) is 0 Å². The van der Waals surface area contributed by atoms with Crippen LogP contribution in [0.2, 0.25) is 0 Å². The van der Waals surface area contributed by atoms with Crippen LogP contribution in [0.4, 0.5) is 0 Å². The second kappa shape index (κ2) is 6.88. The summed E-state index contributed by atoms with van der Waals surface area (Å²) in [6, 6.07) is 0.490. The van der Waals surface area contributed by atoms with Crippen LogP contribution >= 0.6 is 0 Å². The third-order valence-electron chi connectivity index (χ3n) is 4.97. The molecule has 2 aliphatic rings. The molecule has 0 spiro atoms. The van der Waals surface area contributed by atoms with Gasteiger partial charge in [0.15, 0.2) is 0 Å². The van der Waals surface area contributed by atoms with Crippen LogP contribution in [0.3, 0.4) is 0 Å². The van der Waals surface area contributed by atoms with Crippen molar-refractivity contribution < 1.29 is 9.47 Å². The molecule has 0 bridgehead atoms. The average Bonchev–Trinajstić information content (AvgIpc) is 2.67. The summed E-state index contributed by atoms with van der Waals surface area (Å²) in [5, 5.41) is 3.58. The zero-order chi connectivity index (χ0) is 12.8. The Labute approximate surface area is 112 Å². The number of nitrogens with one attached hydrogen (secondary N) is 1. The summed E-state index contributed by atoms with van der Waals surface area (Å²) in [4.78, 5) is 0. The molecule has 1 unspecified atom stereocenters. The number of hydrogen-bond acceptors (Lipinski definition) is 3. The summed E-state index contributed by atoms with van der Waals surface area (Å²) in [6.07, 6.45) is 10.2. The molecule has 1 saturated carbocycles. The van der Waals surface area contributed by atoms with Crippen LogP contribution in [0.5, 0.6) is 0 Å². The quantitative estimate of drug-likeness (QED) is 0.784. The third kappa shape index (κ3) is 3.06. The summed E-state index contributed by atoms with van der Waals surface area (Å²) >= 11 is 0. The summed E-state index contributed by atoms with van der Waals surface area (Å²) in [5.74, 6) is 0.710.